The minimum atomic E-state index is 0.781. The Balaban J connectivity index is 1.02. The molecule has 0 saturated heterocycles. The van der Waals surface area contributed by atoms with E-state index in [-0.39, 0.29) is 0 Å². The highest BCUT2D eigenvalue weighted by Gasteiger charge is 2.25. The van der Waals surface area contributed by atoms with Crippen LogP contribution < -0.4 is 0 Å². The van der Waals surface area contributed by atoms with Gasteiger partial charge in [0.2, 0.25) is 17.3 Å². The molecule has 0 aliphatic carbocycles. The number of hydrogen-bond donors (Lipinski definition) is 0. The van der Waals surface area contributed by atoms with Gasteiger partial charge < -0.3 is 4.42 Å². The topological polar surface area (TPSA) is 79.8 Å². The van der Waals surface area contributed by atoms with Crippen molar-refractivity contribution in [1.82, 2.24) is 41.9 Å². The molecule has 0 aliphatic heterocycles. The first-order valence-electron chi connectivity index (χ1n) is 20.4. The van der Waals surface area contributed by atoms with Crippen molar-refractivity contribution >= 4 is 105 Å². The van der Waals surface area contributed by atoms with E-state index in [1.165, 1.54) is 0 Å². The van der Waals surface area contributed by atoms with E-state index in [4.69, 9.17) is 19.4 Å². The molecule has 7 aromatic heterocycles. The first-order valence-corrected chi connectivity index (χ1v) is 20.4. The summed E-state index contributed by atoms with van der Waals surface area (Å²) in [7, 11) is 0. The maximum atomic E-state index is 7.00. The number of furan rings is 1. The van der Waals surface area contributed by atoms with Gasteiger partial charge in [0, 0.05) is 5.39 Å². The van der Waals surface area contributed by atoms with E-state index in [9.17, 15) is 0 Å². The number of fused-ring (bicyclic) bond motifs is 18. The fourth-order valence-corrected chi connectivity index (χ4v) is 10.1. The molecule has 10 nitrogen and oxygen atoms in total. The molecule has 8 aromatic carbocycles. The van der Waals surface area contributed by atoms with Crippen molar-refractivity contribution in [2.75, 3.05) is 0 Å². The zero-order valence-electron chi connectivity index (χ0n) is 32.2. The van der Waals surface area contributed by atoms with Crippen molar-refractivity contribution < 1.29 is 4.42 Å². The number of imidazole rings is 6. The molecule has 0 unspecified atom stereocenters. The van der Waals surface area contributed by atoms with Crippen molar-refractivity contribution in [3.8, 4) is 17.1 Å². The van der Waals surface area contributed by atoms with E-state index in [0.29, 0.717) is 0 Å². The third-order valence-corrected chi connectivity index (χ3v) is 12.6. The molecule has 0 atom stereocenters. The molecule has 0 radical (unpaired) electrons. The fourth-order valence-electron chi connectivity index (χ4n) is 10.1. The zero-order chi connectivity index (χ0) is 39.5. The second-order valence-corrected chi connectivity index (χ2v) is 15.8. The average Bonchev–Trinajstić information content (AvgIpc) is 4.16. The van der Waals surface area contributed by atoms with Crippen LogP contribution in [0.2, 0.25) is 0 Å². The Hall–Kier alpha value is -8.63. The van der Waals surface area contributed by atoms with Crippen LogP contribution in [-0.2, 0) is 0 Å². The fraction of sp³-hybridized carbons (Fsp3) is 0. The van der Waals surface area contributed by atoms with Crippen LogP contribution in [0.5, 0.6) is 0 Å². The van der Waals surface area contributed by atoms with Gasteiger partial charge in [-0.2, -0.15) is 0 Å². The summed E-state index contributed by atoms with van der Waals surface area (Å²) in [6.45, 7) is 0. The van der Waals surface area contributed by atoms with E-state index in [1.54, 1.807) is 0 Å². The van der Waals surface area contributed by atoms with Crippen LogP contribution in [-0.4, -0.2) is 41.9 Å². The minimum Gasteiger partial charge on any atom is -0.454 e. The highest BCUT2D eigenvalue weighted by molar-refractivity contribution is 6.13. The molecule has 0 amide bonds. The Kier molecular flexibility index (Phi) is 5.71. The van der Waals surface area contributed by atoms with Crippen molar-refractivity contribution in [3.05, 3.63) is 176 Å². The molecule has 15 aromatic rings. The highest BCUT2D eigenvalue weighted by Crippen LogP contribution is 2.41. The summed E-state index contributed by atoms with van der Waals surface area (Å²) in [5.74, 6) is 2.53. The van der Waals surface area contributed by atoms with Crippen LogP contribution in [0.1, 0.15) is 0 Å². The summed E-state index contributed by atoms with van der Waals surface area (Å²) in [4.78, 5) is 15.7. The monoisotopic (exact) mass is 783 g/mol. The van der Waals surface area contributed by atoms with Crippen molar-refractivity contribution in [3.63, 3.8) is 0 Å². The van der Waals surface area contributed by atoms with Gasteiger partial charge in [0.15, 0.2) is 5.58 Å². The lowest BCUT2D eigenvalue weighted by atomic mass is 10.1. The van der Waals surface area contributed by atoms with Crippen LogP contribution in [0, 0.1) is 0 Å². The smallest absolute Gasteiger partial charge is 0.220 e. The lowest BCUT2D eigenvalue weighted by Gasteiger charge is -2.09. The number of nitrogens with zero attached hydrogens (tertiary/aromatic N) is 9. The molecule has 0 fully saturated rings. The van der Waals surface area contributed by atoms with Gasteiger partial charge in [0.05, 0.1) is 88.6 Å². The van der Waals surface area contributed by atoms with E-state index in [1.807, 2.05) is 18.2 Å². The van der Waals surface area contributed by atoms with Crippen molar-refractivity contribution in [1.29, 1.82) is 0 Å². The van der Waals surface area contributed by atoms with Gasteiger partial charge in [-0.25, -0.2) is 15.0 Å². The lowest BCUT2D eigenvalue weighted by molar-refractivity contribution is 0.666. The second-order valence-electron chi connectivity index (χ2n) is 15.8. The summed E-state index contributed by atoms with van der Waals surface area (Å²) in [6.07, 6.45) is 0. The Labute approximate surface area is 343 Å². The molecule has 0 aliphatic rings. The standard InChI is InChI=1S/C51H29N9O/c1-4-17-35-32(14-1)52-49-55(38-20-7-8-21-39(38)56(35)49)30-27-28-42-45(29-30)58-37-19-6-3-16-34(37)54-51(58)60(42)44-25-11-13-31-47-43(24-12-26-46(47)61-48(31)44)59-41-23-10-9-22-40(41)57-36-18-5-2-15-33(36)53-50(57)59/h1-29H. The lowest BCUT2D eigenvalue weighted by Crippen LogP contribution is -1.97. The van der Waals surface area contributed by atoms with Gasteiger partial charge in [-0.05, 0) is 97.1 Å². The molecule has 15 rings (SSSR count). The Morgan fingerprint density at radius 1 is 0.344 bits per heavy atom. The summed E-state index contributed by atoms with van der Waals surface area (Å²) >= 11 is 0. The van der Waals surface area contributed by atoms with Gasteiger partial charge in [-0.3, -0.25) is 26.9 Å². The van der Waals surface area contributed by atoms with Crippen LogP contribution in [0.15, 0.2) is 180 Å². The van der Waals surface area contributed by atoms with Gasteiger partial charge >= 0.3 is 0 Å². The molecule has 0 spiro atoms. The quantitative estimate of drug-likeness (QED) is 0.179. The molecule has 61 heavy (non-hydrogen) atoms. The Morgan fingerprint density at radius 2 is 0.803 bits per heavy atom. The van der Waals surface area contributed by atoms with Crippen LogP contribution in [0.3, 0.4) is 0 Å². The summed E-state index contributed by atoms with van der Waals surface area (Å²) in [6, 6.07) is 61.5. The first kappa shape index (κ1) is 31.4. The van der Waals surface area contributed by atoms with Gasteiger partial charge in [-0.15, -0.1) is 0 Å². The first-order chi connectivity index (χ1) is 30.3. The number of hydrogen-bond acceptors (Lipinski definition) is 4. The number of para-hydroxylation sites is 11. The summed E-state index contributed by atoms with van der Waals surface area (Å²) in [5, 5.41) is 2.03. The molecular formula is C51H29N9O. The van der Waals surface area contributed by atoms with Crippen LogP contribution >= 0.6 is 0 Å². The normalized spacial score (nSPS) is 12.6. The predicted molar refractivity (Wildman–Crippen MR) is 243 cm³/mol. The third kappa shape index (κ3) is 3.89. The van der Waals surface area contributed by atoms with Gasteiger partial charge in [-0.1, -0.05) is 78.9 Å². The Morgan fingerprint density at radius 3 is 1.43 bits per heavy atom. The molecule has 10 heteroatoms. The zero-order valence-corrected chi connectivity index (χ0v) is 32.2. The number of aromatic nitrogens is 9. The summed E-state index contributed by atoms with van der Waals surface area (Å²) < 4.78 is 20.6. The van der Waals surface area contributed by atoms with Crippen LogP contribution in [0.25, 0.3) is 123 Å². The van der Waals surface area contributed by atoms with Crippen LogP contribution in [0.4, 0.5) is 0 Å². The second kappa shape index (κ2) is 11.1. The third-order valence-electron chi connectivity index (χ3n) is 12.6. The predicted octanol–water partition coefficient (Wildman–Crippen LogP) is 11.8. The van der Waals surface area contributed by atoms with Crippen molar-refractivity contribution in [2.24, 2.45) is 0 Å². The van der Waals surface area contributed by atoms with E-state index < -0.39 is 0 Å². The molecular weight excluding hydrogens is 755 g/mol. The number of benzene rings is 8. The van der Waals surface area contributed by atoms with Crippen molar-refractivity contribution in [2.45, 2.75) is 0 Å². The summed E-state index contributed by atoms with van der Waals surface area (Å²) in [5.41, 5.74) is 16.9. The van der Waals surface area contributed by atoms with Gasteiger partial charge in [0.1, 0.15) is 5.58 Å². The highest BCUT2D eigenvalue weighted by atomic mass is 16.3. The molecule has 0 N–H and O–H groups in total. The van der Waals surface area contributed by atoms with E-state index in [2.05, 4.69) is 185 Å². The van der Waals surface area contributed by atoms with E-state index >= 15 is 0 Å². The molecule has 284 valence electrons. The SMILES string of the molecule is c1ccc2c(c1)nc1n(-c3ccc4c(c3)n3c5ccccc5nc3n4-c3cccc4c3oc3cccc(-n5c6ccccc6n6c7ccccc7nc56)c34)c3ccccc3n21. The van der Waals surface area contributed by atoms with E-state index in [0.717, 1.165) is 123 Å². The number of rotatable bonds is 3. The van der Waals surface area contributed by atoms with Gasteiger partial charge in [0.25, 0.3) is 0 Å². The molecule has 0 bridgehead atoms. The maximum absolute atomic E-state index is 7.00. The minimum absolute atomic E-state index is 0.781. The average molecular weight is 784 g/mol. The molecule has 0 saturated carbocycles. The largest absolute Gasteiger partial charge is 0.454 e. The molecule has 7 heterocycles. The Bertz CT molecular complexity index is 4370. The maximum Gasteiger partial charge on any atom is 0.220 e.